The minimum Gasteiger partial charge on any atom is -0.493 e. The lowest BCUT2D eigenvalue weighted by atomic mass is 9.85. The van der Waals surface area contributed by atoms with E-state index in [0.29, 0.717) is 12.1 Å². The van der Waals surface area contributed by atoms with E-state index in [-0.39, 0.29) is 11.8 Å². The summed E-state index contributed by atoms with van der Waals surface area (Å²) in [6.45, 7) is 2.87. The molecule has 0 spiro atoms. The third kappa shape index (κ3) is 4.66. The molecule has 1 amide bonds. The molecule has 0 bridgehead atoms. The van der Waals surface area contributed by atoms with Gasteiger partial charge in [0.25, 0.3) is 0 Å². The number of rotatable bonds is 7. The second-order valence-electron chi connectivity index (χ2n) is 7.36. The van der Waals surface area contributed by atoms with Gasteiger partial charge in [-0.1, -0.05) is 6.42 Å². The number of methoxy groups -OCH3 is 2. The van der Waals surface area contributed by atoms with Crippen LogP contribution >= 0.6 is 0 Å². The molecular weight excluding hydrogens is 316 g/mol. The second-order valence-corrected chi connectivity index (χ2v) is 7.36. The molecule has 138 valence electrons. The number of hydrogen-bond donors (Lipinski definition) is 2. The molecule has 0 saturated heterocycles. The predicted octanol–water partition coefficient (Wildman–Crippen LogP) is 2.94. The molecule has 0 unspecified atom stereocenters. The number of aryl methyl sites for hydroxylation is 1. The Bertz CT molecular complexity index is 613. The van der Waals surface area contributed by atoms with Crippen LogP contribution in [-0.4, -0.2) is 32.2 Å². The first-order valence-electron chi connectivity index (χ1n) is 9.36. The molecule has 0 radical (unpaired) electrons. The van der Waals surface area contributed by atoms with E-state index in [1.807, 2.05) is 12.1 Å². The minimum absolute atomic E-state index is 0.165. The largest absolute Gasteiger partial charge is 0.493 e. The lowest BCUT2D eigenvalue weighted by molar-refractivity contribution is -0.126. The number of ether oxygens (including phenoxy) is 2. The van der Waals surface area contributed by atoms with E-state index in [4.69, 9.17) is 9.47 Å². The van der Waals surface area contributed by atoms with Crippen molar-refractivity contribution < 1.29 is 14.3 Å². The molecule has 5 nitrogen and oxygen atoms in total. The zero-order valence-electron chi connectivity index (χ0n) is 15.6. The van der Waals surface area contributed by atoms with E-state index < -0.39 is 0 Å². The summed E-state index contributed by atoms with van der Waals surface area (Å²) in [6, 6.07) is 4.91. The van der Waals surface area contributed by atoms with Gasteiger partial charge in [0, 0.05) is 24.5 Å². The Morgan fingerprint density at radius 2 is 1.80 bits per heavy atom. The minimum atomic E-state index is 0.165. The maximum absolute atomic E-state index is 12.3. The molecule has 1 aromatic carbocycles. The Hall–Kier alpha value is -1.75. The fraction of sp³-hybridized carbons (Fsp3) is 0.650. The zero-order valence-corrected chi connectivity index (χ0v) is 15.6. The SMILES string of the molecule is COc1cc(C)c(CN[C@H]2CCC[C@H](C(=O)NC3CC3)C2)cc1OC. The number of amides is 1. The van der Waals surface area contributed by atoms with Crippen LogP contribution < -0.4 is 20.1 Å². The predicted molar refractivity (Wildman–Crippen MR) is 98.0 cm³/mol. The van der Waals surface area contributed by atoms with Crippen molar-refractivity contribution in [3.8, 4) is 11.5 Å². The number of nitrogens with one attached hydrogen (secondary N) is 2. The fourth-order valence-corrected chi connectivity index (χ4v) is 3.63. The molecule has 5 heteroatoms. The fourth-order valence-electron chi connectivity index (χ4n) is 3.63. The Labute approximate surface area is 150 Å². The summed E-state index contributed by atoms with van der Waals surface area (Å²) >= 11 is 0. The molecule has 2 atom stereocenters. The van der Waals surface area contributed by atoms with Crippen LogP contribution in [0.5, 0.6) is 11.5 Å². The summed E-state index contributed by atoms with van der Waals surface area (Å²) in [5, 5.41) is 6.80. The first kappa shape index (κ1) is 18.1. The van der Waals surface area contributed by atoms with Crippen LogP contribution in [0.3, 0.4) is 0 Å². The van der Waals surface area contributed by atoms with Crippen molar-refractivity contribution in [2.45, 2.75) is 64.1 Å². The highest BCUT2D eigenvalue weighted by Crippen LogP contribution is 2.31. The van der Waals surface area contributed by atoms with Crippen LogP contribution in [0.25, 0.3) is 0 Å². The van der Waals surface area contributed by atoms with Gasteiger partial charge in [-0.25, -0.2) is 0 Å². The van der Waals surface area contributed by atoms with E-state index in [2.05, 4.69) is 17.6 Å². The van der Waals surface area contributed by atoms with Gasteiger partial charge in [-0.2, -0.15) is 0 Å². The molecule has 1 aromatic rings. The number of carbonyl (C=O) groups is 1. The highest BCUT2D eigenvalue weighted by atomic mass is 16.5. The Morgan fingerprint density at radius 1 is 1.08 bits per heavy atom. The summed E-state index contributed by atoms with van der Waals surface area (Å²) in [7, 11) is 3.32. The van der Waals surface area contributed by atoms with Crippen LogP contribution in [0.1, 0.15) is 49.7 Å². The molecule has 2 fully saturated rings. The summed E-state index contributed by atoms with van der Waals surface area (Å²) in [6.07, 6.45) is 6.51. The van der Waals surface area contributed by atoms with Gasteiger partial charge in [0.1, 0.15) is 0 Å². The van der Waals surface area contributed by atoms with Gasteiger partial charge in [-0.05, 0) is 62.3 Å². The van der Waals surface area contributed by atoms with E-state index in [0.717, 1.165) is 56.6 Å². The lowest BCUT2D eigenvalue weighted by Gasteiger charge is -2.29. The zero-order chi connectivity index (χ0) is 17.8. The van der Waals surface area contributed by atoms with Crippen molar-refractivity contribution in [2.24, 2.45) is 5.92 Å². The van der Waals surface area contributed by atoms with Gasteiger partial charge in [-0.15, -0.1) is 0 Å². The summed E-state index contributed by atoms with van der Waals surface area (Å²) in [5.74, 6) is 1.95. The number of hydrogen-bond acceptors (Lipinski definition) is 4. The van der Waals surface area contributed by atoms with Crippen LogP contribution in [-0.2, 0) is 11.3 Å². The van der Waals surface area contributed by atoms with Crippen LogP contribution in [0.2, 0.25) is 0 Å². The lowest BCUT2D eigenvalue weighted by Crippen LogP contribution is -2.40. The summed E-state index contributed by atoms with van der Waals surface area (Å²) in [4.78, 5) is 12.3. The molecule has 3 rings (SSSR count). The number of carbonyl (C=O) groups excluding carboxylic acids is 1. The van der Waals surface area contributed by atoms with Crippen molar-refractivity contribution in [3.63, 3.8) is 0 Å². The van der Waals surface area contributed by atoms with Crippen LogP contribution in [0, 0.1) is 12.8 Å². The second kappa shape index (κ2) is 8.09. The first-order valence-corrected chi connectivity index (χ1v) is 9.36. The van der Waals surface area contributed by atoms with E-state index in [1.165, 1.54) is 11.1 Å². The molecular formula is C20H30N2O3. The normalized spacial score (nSPS) is 23.2. The van der Waals surface area contributed by atoms with Gasteiger partial charge >= 0.3 is 0 Å². The molecule has 2 N–H and O–H groups in total. The van der Waals surface area contributed by atoms with Crippen molar-refractivity contribution in [2.75, 3.05) is 14.2 Å². The van der Waals surface area contributed by atoms with Gasteiger partial charge in [0.2, 0.25) is 5.91 Å². The van der Waals surface area contributed by atoms with E-state index in [1.54, 1.807) is 14.2 Å². The van der Waals surface area contributed by atoms with Gasteiger partial charge < -0.3 is 20.1 Å². The molecule has 2 saturated carbocycles. The Balaban J connectivity index is 1.56. The third-order valence-electron chi connectivity index (χ3n) is 5.39. The van der Waals surface area contributed by atoms with E-state index >= 15 is 0 Å². The first-order chi connectivity index (χ1) is 12.1. The molecule has 0 heterocycles. The average molecular weight is 346 g/mol. The molecule has 2 aliphatic carbocycles. The van der Waals surface area contributed by atoms with Crippen molar-refractivity contribution in [1.29, 1.82) is 0 Å². The molecule has 0 aliphatic heterocycles. The monoisotopic (exact) mass is 346 g/mol. The van der Waals surface area contributed by atoms with Crippen LogP contribution in [0.15, 0.2) is 12.1 Å². The van der Waals surface area contributed by atoms with Gasteiger partial charge in [0.05, 0.1) is 14.2 Å². The average Bonchev–Trinajstić information content (AvgIpc) is 3.44. The van der Waals surface area contributed by atoms with Gasteiger partial charge in [0.15, 0.2) is 11.5 Å². The van der Waals surface area contributed by atoms with Crippen molar-refractivity contribution in [1.82, 2.24) is 10.6 Å². The maximum Gasteiger partial charge on any atom is 0.223 e. The topological polar surface area (TPSA) is 59.6 Å². The number of benzene rings is 1. The molecule has 25 heavy (non-hydrogen) atoms. The van der Waals surface area contributed by atoms with Crippen molar-refractivity contribution in [3.05, 3.63) is 23.3 Å². The van der Waals surface area contributed by atoms with Crippen LogP contribution in [0.4, 0.5) is 0 Å². The quantitative estimate of drug-likeness (QED) is 0.797. The van der Waals surface area contributed by atoms with Gasteiger partial charge in [-0.3, -0.25) is 4.79 Å². The summed E-state index contributed by atoms with van der Waals surface area (Å²) in [5.41, 5.74) is 2.39. The highest BCUT2D eigenvalue weighted by molar-refractivity contribution is 5.79. The standard InChI is InChI=1S/C20H30N2O3/c1-13-9-18(24-2)19(25-3)11-15(13)12-21-17-6-4-5-14(10-17)20(23)22-16-7-8-16/h9,11,14,16-17,21H,4-8,10,12H2,1-3H3,(H,22,23)/t14-,17-/m0/s1. The molecule has 0 aromatic heterocycles. The Kier molecular flexibility index (Phi) is 5.84. The van der Waals surface area contributed by atoms with E-state index in [9.17, 15) is 4.79 Å². The third-order valence-corrected chi connectivity index (χ3v) is 5.39. The summed E-state index contributed by atoms with van der Waals surface area (Å²) < 4.78 is 10.8. The van der Waals surface area contributed by atoms with Crippen molar-refractivity contribution >= 4 is 5.91 Å². The smallest absolute Gasteiger partial charge is 0.223 e. The molecule has 2 aliphatic rings. The highest BCUT2D eigenvalue weighted by Gasteiger charge is 2.31. The maximum atomic E-state index is 12.3. The Morgan fingerprint density at radius 3 is 2.48 bits per heavy atom.